The monoisotopic (exact) mass is 408 g/mol. The maximum absolute atomic E-state index is 12.3. The Kier molecular flexibility index (Phi) is 6.36. The summed E-state index contributed by atoms with van der Waals surface area (Å²) in [4.78, 5) is 16.3. The number of pyridine rings is 1. The van der Waals surface area contributed by atoms with Gasteiger partial charge in [0.05, 0.1) is 30.4 Å². The number of carbonyl (C=O) groups excluding carboxylic acids is 1. The van der Waals surface area contributed by atoms with E-state index in [0.29, 0.717) is 16.9 Å². The number of rotatable bonds is 7. The summed E-state index contributed by atoms with van der Waals surface area (Å²) in [5.41, 5.74) is 4.75. The van der Waals surface area contributed by atoms with Gasteiger partial charge in [0, 0.05) is 11.8 Å². The summed E-state index contributed by atoms with van der Waals surface area (Å²) in [5.74, 6) is -0.405. The number of aromatic nitrogens is 1. The zero-order chi connectivity index (χ0) is 20.7. The molecular weight excluding hydrogens is 388 g/mol. The second-order valence-corrected chi connectivity index (χ2v) is 8.16. The smallest absolute Gasteiger partial charge is 0.267 e. The van der Waals surface area contributed by atoms with E-state index in [-0.39, 0.29) is 6.54 Å². The molecule has 3 aromatic rings. The zero-order valence-corrected chi connectivity index (χ0v) is 16.6. The fourth-order valence-electron chi connectivity index (χ4n) is 2.60. The summed E-state index contributed by atoms with van der Waals surface area (Å²) < 4.78 is 25.8. The Morgan fingerprint density at radius 2 is 1.72 bits per heavy atom. The fraction of sp³-hybridized carbons (Fsp3) is 0.0952. The van der Waals surface area contributed by atoms with Crippen LogP contribution in [0.15, 0.2) is 84.1 Å². The maximum Gasteiger partial charge on any atom is 0.271 e. The molecule has 148 valence electrons. The molecule has 3 rings (SSSR count). The van der Waals surface area contributed by atoms with E-state index in [2.05, 4.69) is 15.5 Å². The second kappa shape index (κ2) is 9.11. The standard InChI is InChI=1S/C21H20N4O3S/c1-29(27,28)25(16-17-7-3-2-4-8-17)20-12-10-18(11-13-20)21(26)24-23-15-19-9-5-6-14-22-19/h2-15H,16H2,1H3,(H,24,26). The highest BCUT2D eigenvalue weighted by molar-refractivity contribution is 7.92. The zero-order valence-electron chi connectivity index (χ0n) is 15.8. The molecule has 29 heavy (non-hydrogen) atoms. The van der Waals surface area contributed by atoms with E-state index in [9.17, 15) is 13.2 Å². The van der Waals surface area contributed by atoms with E-state index in [0.717, 1.165) is 11.8 Å². The number of hydrogen-bond donors (Lipinski definition) is 1. The molecule has 2 aromatic carbocycles. The molecule has 1 amide bonds. The second-order valence-electron chi connectivity index (χ2n) is 6.26. The molecule has 1 N–H and O–H groups in total. The van der Waals surface area contributed by atoms with Gasteiger partial charge in [0.1, 0.15) is 0 Å². The van der Waals surface area contributed by atoms with Crippen molar-refractivity contribution in [2.24, 2.45) is 5.10 Å². The van der Waals surface area contributed by atoms with Crippen LogP contribution in [0.4, 0.5) is 5.69 Å². The predicted octanol–water partition coefficient (Wildman–Crippen LogP) is 2.81. The molecule has 0 aliphatic carbocycles. The first-order valence-electron chi connectivity index (χ1n) is 8.79. The van der Waals surface area contributed by atoms with E-state index in [1.54, 1.807) is 42.6 Å². The van der Waals surface area contributed by atoms with Crippen LogP contribution in [0.3, 0.4) is 0 Å². The van der Waals surface area contributed by atoms with Crippen molar-refractivity contribution < 1.29 is 13.2 Å². The number of benzene rings is 2. The first-order valence-corrected chi connectivity index (χ1v) is 10.6. The van der Waals surface area contributed by atoms with Crippen molar-refractivity contribution in [3.8, 4) is 0 Å². The first-order chi connectivity index (χ1) is 13.9. The van der Waals surface area contributed by atoms with Crippen molar-refractivity contribution in [3.05, 3.63) is 95.8 Å². The Bertz CT molecular complexity index is 1080. The highest BCUT2D eigenvalue weighted by Gasteiger charge is 2.18. The van der Waals surface area contributed by atoms with Gasteiger partial charge in [0.15, 0.2) is 0 Å². The molecule has 7 nitrogen and oxygen atoms in total. The van der Waals surface area contributed by atoms with Crippen LogP contribution in [0.2, 0.25) is 0 Å². The molecule has 0 radical (unpaired) electrons. The summed E-state index contributed by atoms with van der Waals surface area (Å²) in [5, 5.41) is 3.88. The van der Waals surface area contributed by atoms with E-state index in [1.807, 2.05) is 36.4 Å². The minimum absolute atomic E-state index is 0.208. The average Bonchev–Trinajstić information content (AvgIpc) is 2.73. The molecule has 0 aliphatic rings. The van der Waals surface area contributed by atoms with Crippen LogP contribution in [0.25, 0.3) is 0 Å². The SMILES string of the molecule is CS(=O)(=O)N(Cc1ccccc1)c1ccc(C(=O)NN=Cc2ccccn2)cc1. The van der Waals surface area contributed by atoms with Crippen LogP contribution in [0, 0.1) is 0 Å². The van der Waals surface area contributed by atoms with Crippen molar-refractivity contribution in [1.82, 2.24) is 10.4 Å². The fourth-order valence-corrected chi connectivity index (χ4v) is 3.49. The van der Waals surface area contributed by atoms with Crippen molar-refractivity contribution in [2.45, 2.75) is 6.54 Å². The number of hydrazone groups is 1. The first kappa shape index (κ1) is 20.2. The number of nitrogens with one attached hydrogen (secondary N) is 1. The third kappa shape index (κ3) is 5.73. The lowest BCUT2D eigenvalue weighted by molar-refractivity contribution is 0.0955. The Hall–Kier alpha value is -3.52. The van der Waals surface area contributed by atoms with Crippen LogP contribution in [-0.4, -0.2) is 31.8 Å². The topological polar surface area (TPSA) is 91.7 Å². The third-order valence-electron chi connectivity index (χ3n) is 4.04. The molecule has 0 unspecified atom stereocenters. The van der Waals surface area contributed by atoms with E-state index >= 15 is 0 Å². The molecule has 1 heterocycles. The normalized spacial score (nSPS) is 11.3. The highest BCUT2D eigenvalue weighted by Crippen LogP contribution is 2.21. The van der Waals surface area contributed by atoms with Crippen molar-refractivity contribution >= 4 is 27.8 Å². The number of carbonyl (C=O) groups is 1. The molecule has 0 saturated heterocycles. The van der Waals surface area contributed by atoms with E-state index in [4.69, 9.17) is 0 Å². The van der Waals surface area contributed by atoms with Gasteiger partial charge in [0.25, 0.3) is 5.91 Å². The largest absolute Gasteiger partial charge is 0.271 e. The maximum atomic E-state index is 12.3. The summed E-state index contributed by atoms with van der Waals surface area (Å²) in [6, 6.07) is 21.0. The summed E-state index contributed by atoms with van der Waals surface area (Å²) >= 11 is 0. The van der Waals surface area contributed by atoms with Crippen LogP contribution < -0.4 is 9.73 Å². The molecule has 0 saturated carbocycles. The van der Waals surface area contributed by atoms with E-state index in [1.165, 1.54) is 10.5 Å². The van der Waals surface area contributed by atoms with Crippen molar-refractivity contribution in [2.75, 3.05) is 10.6 Å². The molecule has 1 aromatic heterocycles. The van der Waals surface area contributed by atoms with Crippen molar-refractivity contribution in [3.63, 3.8) is 0 Å². The van der Waals surface area contributed by atoms with Gasteiger partial charge in [-0.1, -0.05) is 36.4 Å². The lowest BCUT2D eigenvalue weighted by Gasteiger charge is -2.22. The highest BCUT2D eigenvalue weighted by atomic mass is 32.2. The van der Waals surface area contributed by atoms with Gasteiger partial charge < -0.3 is 0 Å². The van der Waals surface area contributed by atoms with Crippen molar-refractivity contribution in [1.29, 1.82) is 0 Å². The molecular formula is C21H20N4O3S. The van der Waals surface area contributed by atoms with E-state index < -0.39 is 15.9 Å². The number of amides is 1. The number of nitrogens with zero attached hydrogens (tertiary/aromatic N) is 3. The van der Waals surface area contributed by atoms with Crippen LogP contribution in [-0.2, 0) is 16.6 Å². The summed E-state index contributed by atoms with van der Waals surface area (Å²) in [7, 11) is -3.49. The molecule has 0 atom stereocenters. The molecule has 0 spiro atoms. The molecule has 0 fully saturated rings. The number of anilines is 1. The minimum atomic E-state index is -3.49. The Morgan fingerprint density at radius 3 is 2.34 bits per heavy atom. The van der Waals surface area contributed by atoms with Crippen LogP contribution in [0.5, 0.6) is 0 Å². The summed E-state index contributed by atoms with van der Waals surface area (Å²) in [6.45, 7) is 0.208. The van der Waals surface area contributed by atoms with Gasteiger partial charge in [-0.15, -0.1) is 0 Å². The molecule has 0 bridgehead atoms. The lowest BCUT2D eigenvalue weighted by Crippen LogP contribution is -2.29. The number of hydrogen-bond acceptors (Lipinski definition) is 5. The molecule has 0 aliphatic heterocycles. The predicted molar refractivity (Wildman–Crippen MR) is 113 cm³/mol. The van der Waals surface area contributed by atoms with Crippen LogP contribution in [0.1, 0.15) is 21.6 Å². The Labute approximate surface area is 169 Å². The molecule has 8 heteroatoms. The van der Waals surface area contributed by atoms with Gasteiger partial charge in [0.2, 0.25) is 10.0 Å². The number of sulfonamides is 1. The van der Waals surface area contributed by atoms with Gasteiger partial charge in [-0.05, 0) is 42.0 Å². The average molecular weight is 408 g/mol. The Balaban J connectivity index is 1.71. The minimum Gasteiger partial charge on any atom is -0.267 e. The van der Waals surface area contributed by atoms with Gasteiger partial charge in [-0.25, -0.2) is 13.8 Å². The summed E-state index contributed by atoms with van der Waals surface area (Å²) in [6.07, 6.45) is 4.23. The lowest BCUT2D eigenvalue weighted by atomic mass is 10.2. The van der Waals surface area contributed by atoms with Crippen LogP contribution >= 0.6 is 0 Å². The van der Waals surface area contributed by atoms with Gasteiger partial charge in [-0.2, -0.15) is 5.10 Å². The quantitative estimate of drug-likeness (QED) is 0.481. The van der Waals surface area contributed by atoms with Gasteiger partial charge >= 0.3 is 0 Å². The third-order valence-corrected chi connectivity index (χ3v) is 5.18. The van der Waals surface area contributed by atoms with Gasteiger partial charge in [-0.3, -0.25) is 14.1 Å². The Morgan fingerprint density at radius 1 is 1.03 bits per heavy atom.